The molecule has 2 heterocycles. The van der Waals surface area contributed by atoms with Crippen LogP contribution in [0.25, 0.3) is 0 Å². The zero-order chi connectivity index (χ0) is 9.97. The van der Waals surface area contributed by atoms with Gasteiger partial charge in [-0.05, 0) is 0 Å². The number of aliphatic hydroxyl groups is 1. The fourth-order valence-electron chi connectivity index (χ4n) is 1.17. The number of aromatic nitrogens is 4. The highest BCUT2D eigenvalue weighted by Gasteiger charge is 2.12. The average Bonchev–Trinajstić information content (AvgIpc) is 2.77. The molecule has 0 aliphatic rings. The van der Waals surface area contributed by atoms with Gasteiger partial charge in [0.1, 0.15) is 12.2 Å². The Morgan fingerprint density at radius 2 is 2.50 bits per heavy atom. The molecule has 6 heteroatoms. The number of hydrogen-bond acceptors (Lipinski definition) is 5. The summed E-state index contributed by atoms with van der Waals surface area (Å²) in [6, 6.07) is 0. The summed E-state index contributed by atoms with van der Waals surface area (Å²) in [6.45, 7) is 0. The summed E-state index contributed by atoms with van der Waals surface area (Å²) >= 11 is 1.44. The molecule has 2 rings (SSSR count). The van der Waals surface area contributed by atoms with Gasteiger partial charge in [0.2, 0.25) is 0 Å². The second-order valence-electron chi connectivity index (χ2n) is 2.92. The van der Waals surface area contributed by atoms with E-state index in [9.17, 15) is 5.11 Å². The van der Waals surface area contributed by atoms with E-state index in [4.69, 9.17) is 0 Å². The molecule has 0 aliphatic heterocycles. The summed E-state index contributed by atoms with van der Waals surface area (Å²) in [5.41, 5.74) is 1.70. The van der Waals surface area contributed by atoms with Crippen LogP contribution in [0.5, 0.6) is 0 Å². The van der Waals surface area contributed by atoms with E-state index < -0.39 is 6.10 Å². The van der Waals surface area contributed by atoms with Crippen LogP contribution in [0.3, 0.4) is 0 Å². The van der Waals surface area contributed by atoms with Gasteiger partial charge in [-0.2, -0.15) is 5.10 Å². The maximum absolute atomic E-state index is 9.79. The fraction of sp³-hybridized carbons (Fsp3) is 0.375. The van der Waals surface area contributed by atoms with Crippen LogP contribution >= 0.6 is 11.3 Å². The van der Waals surface area contributed by atoms with Crippen LogP contribution in [-0.2, 0) is 13.5 Å². The van der Waals surface area contributed by atoms with Crippen molar-refractivity contribution in [2.75, 3.05) is 0 Å². The summed E-state index contributed by atoms with van der Waals surface area (Å²) in [7, 11) is 1.81. The number of nitrogens with zero attached hydrogens (tertiary/aromatic N) is 4. The van der Waals surface area contributed by atoms with Gasteiger partial charge in [-0.15, -0.1) is 11.3 Å². The van der Waals surface area contributed by atoms with Crippen molar-refractivity contribution >= 4 is 11.3 Å². The van der Waals surface area contributed by atoms with Gasteiger partial charge < -0.3 is 5.11 Å². The standard InChI is InChI=1S/C8H10N4OS/c1-12-8(10-4-11-12)2-6(13)7-3-9-5-14-7/h3-6,13H,2H2,1H3. The molecule has 0 saturated heterocycles. The third-order valence-corrected chi connectivity index (χ3v) is 2.84. The molecule has 0 aromatic carbocycles. The first-order valence-corrected chi connectivity index (χ1v) is 5.04. The average molecular weight is 210 g/mol. The van der Waals surface area contributed by atoms with Gasteiger partial charge in [0, 0.05) is 19.7 Å². The lowest BCUT2D eigenvalue weighted by Crippen LogP contribution is -2.06. The SMILES string of the molecule is Cn1ncnc1CC(O)c1cncs1. The van der Waals surface area contributed by atoms with Crippen molar-refractivity contribution in [2.45, 2.75) is 12.5 Å². The number of hydrogen-bond donors (Lipinski definition) is 1. The Balaban J connectivity index is 2.09. The van der Waals surface area contributed by atoms with E-state index in [1.165, 1.54) is 17.7 Å². The highest BCUT2D eigenvalue weighted by atomic mass is 32.1. The Hall–Kier alpha value is -1.27. The highest BCUT2D eigenvalue weighted by molar-refractivity contribution is 7.09. The molecule has 1 atom stereocenters. The molecule has 14 heavy (non-hydrogen) atoms. The predicted octanol–water partition coefficient (Wildman–Crippen LogP) is 0.548. The molecular weight excluding hydrogens is 200 g/mol. The molecule has 0 radical (unpaired) electrons. The van der Waals surface area contributed by atoms with Crippen molar-refractivity contribution in [3.63, 3.8) is 0 Å². The predicted molar refractivity (Wildman–Crippen MR) is 51.8 cm³/mol. The molecule has 0 amide bonds. The lowest BCUT2D eigenvalue weighted by molar-refractivity contribution is 0.178. The Bertz CT molecular complexity index is 397. The van der Waals surface area contributed by atoms with Crippen LogP contribution in [0.1, 0.15) is 16.8 Å². The van der Waals surface area contributed by atoms with E-state index in [0.29, 0.717) is 6.42 Å². The van der Waals surface area contributed by atoms with Gasteiger partial charge in [-0.3, -0.25) is 9.67 Å². The molecule has 0 bridgehead atoms. The van der Waals surface area contributed by atoms with Crippen molar-refractivity contribution in [3.05, 3.63) is 28.7 Å². The van der Waals surface area contributed by atoms with Crippen LogP contribution in [0.4, 0.5) is 0 Å². The minimum Gasteiger partial charge on any atom is -0.387 e. The second-order valence-corrected chi connectivity index (χ2v) is 3.84. The van der Waals surface area contributed by atoms with Crippen molar-refractivity contribution in [1.29, 1.82) is 0 Å². The number of thiazole rings is 1. The first kappa shape index (κ1) is 9.29. The normalized spacial score (nSPS) is 13.0. The van der Waals surface area contributed by atoms with Crippen molar-refractivity contribution in [1.82, 2.24) is 19.7 Å². The van der Waals surface area contributed by atoms with Crippen LogP contribution in [-0.4, -0.2) is 24.9 Å². The molecule has 1 unspecified atom stereocenters. The first-order valence-electron chi connectivity index (χ1n) is 4.16. The lowest BCUT2D eigenvalue weighted by atomic mass is 10.2. The minimum absolute atomic E-state index is 0.471. The Morgan fingerprint density at radius 1 is 1.64 bits per heavy atom. The largest absolute Gasteiger partial charge is 0.387 e. The lowest BCUT2D eigenvalue weighted by Gasteiger charge is -2.06. The number of aliphatic hydroxyl groups excluding tert-OH is 1. The van der Waals surface area contributed by atoms with E-state index in [0.717, 1.165) is 10.7 Å². The molecule has 2 aromatic heterocycles. The Morgan fingerprint density at radius 3 is 3.07 bits per heavy atom. The van der Waals surface area contributed by atoms with Crippen LogP contribution in [0.2, 0.25) is 0 Å². The monoisotopic (exact) mass is 210 g/mol. The summed E-state index contributed by atoms with van der Waals surface area (Å²) in [5.74, 6) is 0.769. The van der Waals surface area contributed by atoms with Gasteiger partial charge in [-0.1, -0.05) is 0 Å². The van der Waals surface area contributed by atoms with Gasteiger partial charge in [0.25, 0.3) is 0 Å². The van der Waals surface area contributed by atoms with Gasteiger partial charge >= 0.3 is 0 Å². The zero-order valence-electron chi connectivity index (χ0n) is 7.66. The van der Waals surface area contributed by atoms with Crippen LogP contribution in [0, 0.1) is 0 Å². The topological polar surface area (TPSA) is 63.8 Å². The Kier molecular flexibility index (Phi) is 2.55. The molecule has 74 valence electrons. The molecule has 0 fully saturated rings. The molecular formula is C8H10N4OS. The zero-order valence-corrected chi connectivity index (χ0v) is 8.48. The van der Waals surface area contributed by atoms with E-state index in [2.05, 4.69) is 15.1 Å². The molecule has 0 spiro atoms. The van der Waals surface area contributed by atoms with Gasteiger partial charge in [0.15, 0.2) is 0 Å². The maximum atomic E-state index is 9.79. The summed E-state index contributed by atoms with van der Waals surface area (Å²) < 4.78 is 1.66. The molecule has 2 aromatic rings. The number of rotatable bonds is 3. The minimum atomic E-state index is -0.537. The van der Waals surface area contributed by atoms with E-state index >= 15 is 0 Å². The van der Waals surface area contributed by atoms with Crippen molar-refractivity contribution in [2.24, 2.45) is 7.05 Å². The molecule has 1 N–H and O–H groups in total. The van der Waals surface area contributed by atoms with Gasteiger partial charge in [-0.25, -0.2) is 4.98 Å². The summed E-state index contributed by atoms with van der Waals surface area (Å²) in [4.78, 5) is 8.81. The van der Waals surface area contributed by atoms with E-state index in [1.807, 2.05) is 7.05 Å². The smallest absolute Gasteiger partial charge is 0.138 e. The Labute approximate surface area is 85.1 Å². The highest BCUT2D eigenvalue weighted by Crippen LogP contribution is 2.19. The second kappa shape index (κ2) is 3.85. The van der Waals surface area contributed by atoms with Crippen LogP contribution < -0.4 is 0 Å². The van der Waals surface area contributed by atoms with Crippen LogP contribution in [0.15, 0.2) is 18.0 Å². The quantitative estimate of drug-likeness (QED) is 0.803. The fourth-order valence-corrected chi connectivity index (χ4v) is 1.77. The maximum Gasteiger partial charge on any atom is 0.138 e. The summed E-state index contributed by atoms with van der Waals surface area (Å²) in [6.07, 6.45) is 3.09. The number of aryl methyl sites for hydroxylation is 1. The molecule has 0 aliphatic carbocycles. The first-order chi connectivity index (χ1) is 6.77. The molecule has 0 saturated carbocycles. The third-order valence-electron chi connectivity index (χ3n) is 1.96. The van der Waals surface area contributed by atoms with Crippen molar-refractivity contribution < 1.29 is 5.11 Å². The van der Waals surface area contributed by atoms with E-state index in [-0.39, 0.29) is 0 Å². The van der Waals surface area contributed by atoms with Gasteiger partial charge in [0.05, 0.1) is 16.5 Å². The van der Waals surface area contributed by atoms with Crippen molar-refractivity contribution in [3.8, 4) is 0 Å². The van der Waals surface area contributed by atoms with E-state index in [1.54, 1.807) is 16.4 Å². The summed E-state index contributed by atoms with van der Waals surface area (Å²) in [5, 5.41) is 13.7. The molecule has 5 nitrogen and oxygen atoms in total. The third kappa shape index (κ3) is 1.80.